The summed E-state index contributed by atoms with van der Waals surface area (Å²) in [5, 5.41) is 14.3. The van der Waals surface area contributed by atoms with Crippen LogP contribution in [0.2, 0.25) is 10.0 Å². The number of carbonyl (C=O) groups excluding carboxylic acids is 2. The summed E-state index contributed by atoms with van der Waals surface area (Å²) in [5.41, 5.74) is 1.62. The van der Waals surface area contributed by atoms with Crippen molar-refractivity contribution in [3.8, 4) is 5.75 Å². The van der Waals surface area contributed by atoms with Gasteiger partial charge in [0.1, 0.15) is 5.75 Å². The molecule has 0 radical (unpaired) electrons. The number of carbonyl (C=O) groups is 2. The van der Waals surface area contributed by atoms with Crippen LogP contribution in [0.3, 0.4) is 0 Å². The van der Waals surface area contributed by atoms with Gasteiger partial charge in [-0.05, 0) is 53.8 Å². The minimum absolute atomic E-state index is 0.0687. The van der Waals surface area contributed by atoms with Gasteiger partial charge in [0.15, 0.2) is 0 Å². The molecule has 1 N–H and O–H groups in total. The average molecular weight is 519 g/mol. The van der Waals surface area contributed by atoms with E-state index in [1.807, 2.05) is 21.0 Å². The first-order valence-electron chi connectivity index (χ1n) is 11.8. The third kappa shape index (κ3) is 6.18. The van der Waals surface area contributed by atoms with Crippen molar-refractivity contribution in [3.63, 3.8) is 0 Å². The van der Waals surface area contributed by atoms with Crippen molar-refractivity contribution < 1.29 is 24.3 Å². The van der Waals surface area contributed by atoms with E-state index < -0.39 is 23.5 Å². The smallest absolute Gasteiger partial charge is 0.295 e. The van der Waals surface area contributed by atoms with Crippen LogP contribution in [0.5, 0.6) is 5.75 Å². The molecular weight excluding hydrogens is 487 g/mol. The maximum Gasteiger partial charge on any atom is 0.295 e. The largest absolute Gasteiger partial charge is 0.872 e. The first kappa shape index (κ1) is 27.1. The van der Waals surface area contributed by atoms with E-state index in [0.717, 1.165) is 12.1 Å². The van der Waals surface area contributed by atoms with Gasteiger partial charge >= 0.3 is 0 Å². The highest BCUT2D eigenvalue weighted by atomic mass is 35.5. The first-order chi connectivity index (χ1) is 16.5. The van der Waals surface area contributed by atoms with Gasteiger partial charge in [0.2, 0.25) is 5.78 Å². The van der Waals surface area contributed by atoms with Crippen LogP contribution in [0.25, 0.3) is 5.76 Å². The number of nitrogens with zero attached hydrogens (tertiary/aromatic N) is 1. The molecule has 0 bridgehead atoms. The highest BCUT2D eigenvalue weighted by molar-refractivity contribution is 6.46. The van der Waals surface area contributed by atoms with E-state index in [-0.39, 0.29) is 5.57 Å². The molecule has 1 unspecified atom stereocenters. The second kappa shape index (κ2) is 11.5. The quantitative estimate of drug-likeness (QED) is 0.314. The number of aryl methyl sites for hydroxylation is 1. The molecule has 0 spiro atoms. The van der Waals surface area contributed by atoms with Gasteiger partial charge in [-0.3, -0.25) is 9.59 Å². The van der Waals surface area contributed by atoms with Crippen LogP contribution >= 0.6 is 23.2 Å². The lowest BCUT2D eigenvalue weighted by Crippen LogP contribution is -3.05. The van der Waals surface area contributed by atoms with E-state index >= 15 is 0 Å². The van der Waals surface area contributed by atoms with Crippen molar-refractivity contribution in [3.05, 3.63) is 68.7 Å². The van der Waals surface area contributed by atoms with Crippen LogP contribution in [0, 0.1) is 12.8 Å². The van der Waals surface area contributed by atoms with Crippen molar-refractivity contribution in [1.29, 1.82) is 0 Å². The highest BCUT2D eigenvalue weighted by Crippen LogP contribution is 2.40. The van der Waals surface area contributed by atoms with Gasteiger partial charge in [-0.1, -0.05) is 54.9 Å². The molecule has 35 heavy (non-hydrogen) atoms. The molecule has 1 atom stereocenters. The molecule has 1 aliphatic heterocycles. The molecule has 1 aliphatic rings. The Morgan fingerprint density at radius 1 is 1.11 bits per heavy atom. The molecule has 6 nitrogen and oxygen atoms in total. The predicted molar refractivity (Wildman–Crippen MR) is 137 cm³/mol. The summed E-state index contributed by atoms with van der Waals surface area (Å²) in [4.78, 5) is 28.9. The maximum atomic E-state index is 13.7. The van der Waals surface area contributed by atoms with Gasteiger partial charge in [0, 0.05) is 18.5 Å². The van der Waals surface area contributed by atoms with Crippen molar-refractivity contribution >= 4 is 40.7 Å². The number of likely N-dealkylation sites (tertiary alicyclic amines) is 1. The molecule has 0 saturated carbocycles. The fourth-order valence-corrected chi connectivity index (χ4v) is 4.40. The Morgan fingerprint density at radius 3 is 2.43 bits per heavy atom. The molecule has 188 valence electrons. The van der Waals surface area contributed by atoms with Crippen LogP contribution in [0.15, 0.2) is 42.0 Å². The average Bonchev–Trinajstić information content (AvgIpc) is 3.04. The zero-order chi connectivity index (χ0) is 25.9. The Morgan fingerprint density at radius 2 is 1.83 bits per heavy atom. The van der Waals surface area contributed by atoms with Crippen LogP contribution in [-0.4, -0.2) is 50.4 Å². The Balaban J connectivity index is 2.07. The van der Waals surface area contributed by atoms with Crippen molar-refractivity contribution in [2.75, 3.05) is 33.8 Å². The number of rotatable bonds is 9. The third-order valence-corrected chi connectivity index (χ3v) is 6.61. The van der Waals surface area contributed by atoms with Crippen LogP contribution in [0.1, 0.15) is 43.0 Å². The summed E-state index contributed by atoms with van der Waals surface area (Å²) in [6, 6.07) is 9.18. The Hall–Kier alpha value is -2.54. The summed E-state index contributed by atoms with van der Waals surface area (Å²) < 4.78 is 5.82. The molecular formula is C27H32Cl2N2O4. The molecule has 0 aliphatic carbocycles. The normalized spacial score (nSPS) is 17.6. The van der Waals surface area contributed by atoms with Gasteiger partial charge in [0.25, 0.3) is 5.91 Å². The van der Waals surface area contributed by atoms with Gasteiger partial charge < -0.3 is 19.6 Å². The summed E-state index contributed by atoms with van der Waals surface area (Å²) in [7, 11) is 4.04. The second-order valence-corrected chi connectivity index (χ2v) is 10.5. The molecule has 1 amide bonds. The fraction of sp³-hybridized carbons (Fsp3) is 0.407. The lowest BCUT2D eigenvalue weighted by Gasteiger charge is -2.28. The van der Waals surface area contributed by atoms with Gasteiger partial charge in [-0.15, -0.1) is 0 Å². The number of nitrogens with one attached hydrogen (secondary N) is 1. The van der Waals surface area contributed by atoms with Crippen molar-refractivity contribution in [2.45, 2.75) is 33.2 Å². The monoisotopic (exact) mass is 518 g/mol. The van der Waals surface area contributed by atoms with E-state index in [2.05, 4.69) is 13.8 Å². The Labute approximate surface area is 217 Å². The number of benzene rings is 2. The molecule has 3 rings (SSSR count). The molecule has 0 aromatic heterocycles. The summed E-state index contributed by atoms with van der Waals surface area (Å²) in [5.74, 6) is -0.880. The van der Waals surface area contributed by atoms with Gasteiger partial charge in [0.05, 0.1) is 43.3 Å². The highest BCUT2D eigenvalue weighted by Gasteiger charge is 2.44. The minimum Gasteiger partial charge on any atom is -0.872 e. The molecule has 1 saturated heterocycles. The van der Waals surface area contributed by atoms with E-state index in [0.29, 0.717) is 52.4 Å². The Bertz CT molecular complexity index is 1140. The minimum atomic E-state index is -0.827. The number of hydrogen-bond donors (Lipinski definition) is 1. The molecule has 2 aromatic rings. The van der Waals surface area contributed by atoms with Crippen LogP contribution < -0.4 is 14.7 Å². The molecule has 8 heteroatoms. The Kier molecular flexibility index (Phi) is 8.86. The van der Waals surface area contributed by atoms with E-state index in [1.54, 1.807) is 36.4 Å². The van der Waals surface area contributed by atoms with Gasteiger partial charge in [-0.2, -0.15) is 0 Å². The number of Topliss-reactive ketones (excluding diaryl/α,β-unsaturated/α-hetero) is 1. The van der Waals surface area contributed by atoms with Crippen LogP contribution in [0.4, 0.5) is 0 Å². The maximum absolute atomic E-state index is 13.7. The number of amides is 1. The van der Waals surface area contributed by atoms with E-state index in [4.69, 9.17) is 27.9 Å². The zero-order valence-electron chi connectivity index (χ0n) is 20.8. The number of halogens is 2. The topological polar surface area (TPSA) is 74.1 Å². The number of quaternary nitrogens is 1. The molecule has 1 fully saturated rings. The zero-order valence-corrected chi connectivity index (χ0v) is 22.3. The van der Waals surface area contributed by atoms with Crippen LogP contribution in [-0.2, 0) is 9.59 Å². The second-order valence-electron chi connectivity index (χ2n) is 9.64. The fourth-order valence-electron chi connectivity index (χ4n) is 4.10. The van der Waals surface area contributed by atoms with E-state index in [1.165, 1.54) is 9.80 Å². The first-order valence-corrected chi connectivity index (χ1v) is 12.5. The number of ketones is 1. The summed E-state index contributed by atoms with van der Waals surface area (Å²) >= 11 is 12.4. The molecule has 1 heterocycles. The lowest BCUT2D eigenvalue weighted by atomic mass is 9.94. The van der Waals surface area contributed by atoms with Crippen molar-refractivity contribution in [1.82, 2.24) is 4.90 Å². The standard InChI is InChI=1S/C27H32Cl2N2O4/c1-16(2)15-35-22-10-8-19(13-17(22)3)25(32)23-24(18-7-9-20(28)21(29)14-18)31(27(34)26(23)33)12-6-11-30(4)5/h7-10,13-14,16,24,32H,6,11-12,15H2,1-5H3. The SMILES string of the molecule is Cc1cc(C([O-])=C2C(=O)C(=O)N(CCC[NH+](C)C)C2c2ccc(Cl)c(Cl)c2)ccc1OCC(C)C. The number of ether oxygens (including phenoxy) is 1. The summed E-state index contributed by atoms with van der Waals surface area (Å²) in [6.45, 7) is 7.68. The predicted octanol–water partition coefficient (Wildman–Crippen LogP) is 3.10. The van der Waals surface area contributed by atoms with Crippen molar-refractivity contribution in [2.24, 2.45) is 5.92 Å². The third-order valence-electron chi connectivity index (χ3n) is 5.87. The molecule has 2 aromatic carbocycles. The number of hydrogen-bond acceptors (Lipinski definition) is 4. The van der Waals surface area contributed by atoms with E-state index in [9.17, 15) is 14.7 Å². The van der Waals surface area contributed by atoms with Gasteiger partial charge in [-0.25, -0.2) is 0 Å². The lowest BCUT2D eigenvalue weighted by molar-refractivity contribution is -0.858. The summed E-state index contributed by atoms with van der Waals surface area (Å²) in [6.07, 6.45) is 0.682.